The van der Waals surface area contributed by atoms with Crippen molar-refractivity contribution in [2.45, 2.75) is 0 Å². The predicted molar refractivity (Wildman–Crippen MR) is 193 cm³/mol. The van der Waals surface area contributed by atoms with Gasteiger partial charge in [0.2, 0.25) is 6.71 Å². The highest BCUT2D eigenvalue weighted by molar-refractivity contribution is 6.98. The van der Waals surface area contributed by atoms with Gasteiger partial charge in [-0.05, 0) is 62.8 Å². The van der Waals surface area contributed by atoms with Crippen LogP contribution in [0.5, 0.6) is 23.0 Å². The summed E-state index contributed by atoms with van der Waals surface area (Å²) in [5.74, 6) is 2.93. The van der Waals surface area contributed by atoms with Crippen LogP contribution in [-0.2, 0) is 0 Å². The lowest BCUT2D eigenvalue weighted by Gasteiger charge is -2.32. The number of para-hydroxylation sites is 2. The van der Waals surface area contributed by atoms with Gasteiger partial charge in [-0.2, -0.15) is 0 Å². The van der Waals surface area contributed by atoms with Crippen LogP contribution in [-0.4, -0.2) is 15.7 Å². The average Bonchev–Trinajstić information content (AvgIpc) is 3.65. The minimum absolute atomic E-state index is 0.00771. The van der Waals surface area contributed by atoms with Crippen molar-refractivity contribution in [3.05, 3.63) is 140 Å². The lowest BCUT2D eigenvalue weighted by molar-refractivity contribution is 0.360. The van der Waals surface area contributed by atoms with E-state index in [9.17, 15) is 0 Å². The van der Waals surface area contributed by atoms with Crippen molar-refractivity contribution in [2.24, 2.45) is 0 Å². The zero-order chi connectivity index (χ0) is 30.4. The molecule has 0 fully saturated rings. The topological polar surface area (TPSA) is 27.8 Å². The Hall–Kier alpha value is -6.20. The molecule has 8 aromatic carbocycles. The third-order valence-corrected chi connectivity index (χ3v) is 10.5. The molecule has 0 aliphatic carbocycles. The van der Waals surface area contributed by atoms with Crippen molar-refractivity contribution < 1.29 is 9.47 Å². The zero-order valence-electron chi connectivity index (χ0n) is 25.1. The fourth-order valence-corrected chi connectivity index (χ4v) is 8.73. The van der Waals surface area contributed by atoms with E-state index < -0.39 is 0 Å². The molecule has 0 amide bonds. The molecule has 0 radical (unpaired) electrons. The monoisotopic (exact) mass is 598 g/mol. The molecule has 47 heavy (non-hydrogen) atoms. The Morgan fingerprint density at radius 1 is 0.468 bits per heavy atom. The largest absolute Gasteiger partial charge is 0.450 e. The van der Waals surface area contributed by atoms with Crippen molar-refractivity contribution in [3.63, 3.8) is 0 Å². The van der Waals surface area contributed by atoms with Gasteiger partial charge in [0, 0.05) is 27.9 Å². The number of nitrogens with zero attached hydrogens (tertiary/aromatic N) is 2. The van der Waals surface area contributed by atoms with Crippen LogP contribution >= 0.6 is 0 Å². The third kappa shape index (κ3) is 2.87. The summed E-state index contributed by atoms with van der Waals surface area (Å²) in [6.45, 7) is 0.00771. The number of hydrogen-bond donors (Lipinski definition) is 0. The molecule has 216 valence electrons. The number of rotatable bonds is 1. The Balaban J connectivity index is 1.35. The van der Waals surface area contributed by atoms with Crippen LogP contribution in [0.25, 0.3) is 65.6 Å². The second-order valence-electron chi connectivity index (χ2n) is 12.8. The Morgan fingerprint density at radius 3 is 1.96 bits per heavy atom. The Labute approximate surface area is 269 Å². The maximum atomic E-state index is 6.58. The molecule has 0 bridgehead atoms. The lowest BCUT2D eigenvalue weighted by atomic mass is 9.35. The second-order valence-corrected chi connectivity index (χ2v) is 12.8. The van der Waals surface area contributed by atoms with Gasteiger partial charge in [-0.15, -0.1) is 0 Å². The minimum Gasteiger partial charge on any atom is -0.450 e. The maximum Gasteiger partial charge on any atom is 0.246 e. The molecular weight excluding hydrogens is 575 g/mol. The first kappa shape index (κ1) is 24.1. The van der Waals surface area contributed by atoms with Crippen LogP contribution in [0.15, 0.2) is 140 Å². The molecule has 0 atom stereocenters. The summed E-state index contributed by atoms with van der Waals surface area (Å²) in [5.41, 5.74) is 9.72. The molecule has 12 rings (SSSR count). The molecule has 0 unspecified atom stereocenters. The minimum atomic E-state index is 0.00771. The molecule has 0 saturated heterocycles. The van der Waals surface area contributed by atoms with E-state index in [0.29, 0.717) is 0 Å². The van der Waals surface area contributed by atoms with E-state index in [1.807, 2.05) is 24.3 Å². The van der Waals surface area contributed by atoms with Crippen molar-refractivity contribution in [3.8, 4) is 28.7 Å². The van der Waals surface area contributed by atoms with Crippen molar-refractivity contribution in [1.29, 1.82) is 0 Å². The van der Waals surface area contributed by atoms with Gasteiger partial charge in [0.15, 0.2) is 23.0 Å². The molecule has 0 spiro atoms. The van der Waals surface area contributed by atoms with E-state index in [2.05, 4.69) is 124 Å². The van der Waals surface area contributed by atoms with Crippen molar-refractivity contribution in [2.75, 3.05) is 0 Å². The summed E-state index contributed by atoms with van der Waals surface area (Å²) in [6, 6.07) is 50.2. The van der Waals surface area contributed by atoms with Crippen molar-refractivity contribution in [1.82, 2.24) is 8.97 Å². The van der Waals surface area contributed by atoms with E-state index in [0.717, 1.165) is 28.7 Å². The van der Waals surface area contributed by atoms with Gasteiger partial charge in [-0.3, -0.25) is 8.97 Å². The number of hydrogen-bond acceptors (Lipinski definition) is 2. The first-order chi connectivity index (χ1) is 23.3. The van der Waals surface area contributed by atoms with E-state index in [4.69, 9.17) is 9.47 Å². The SMILES string of the molecule is c1ccc(B2c3cc4c(cc3-n3c5c2ccc2cccc(c25)n2c5cccc6c7ccccc7c(c65)c32)Oc2ccccc2O4)cc1. The first-order valence-corrected chi connectivity index (χ1v) is 16.1. The molecular formula is C42H23BN2O2. The predicted octanol–water partition coefficient (Wildman–Crippen LogP) is 8.66. The molecule has 5 heteroatoms. The second kappa shape index (κ2) is 8.33. The Bertz CT molecular complexity index is 2970. The van der Waals surface area contributed by atoms with Crippen LogP contribution in [0.3, 0.4) is 0 Å². The molecule has 4 nitrogen and oxygen atoms in total. The van der Waals surface area contributed by atoms with Gasteiger partial charge in [-0.25, -0.2) is 0 Å². The number of fused-ring (bicyclic) bond motifs is 12. The average molecular weight is 598 g/mol. The Morgan fingerprint density at radius 2 is 1.13 bits per heavy atom. The number of ether oxygens (including phenoxy) is 2. The van der Waals surface area contributed by atoms with Gasteiger partial charge in [0.1, 0.15) is 5.65 Å². The summed E-state index contributed by atoms with van der Waals surface area (Å²) < 4.78 is 18.1. The molecule has 10 aromatic rings. The number of benzene rings is 7. The molecule has 4 heterocycles. The van der Waals surface area contributed by atoms with Crippen LogP contribution in [0, 0.1) is 0 Å². The van der Waals surface area contributed by atoms with Gasteiger partial charge in [-0.1, -0.05) is 109 Å². The van der Waals surface area contributed by atoms with E-state index in [1.54, 1.807) is 0 Å². The summed E-state index contributed by atoms with van der Waals surface area (Å²) in [4.78, 5) is 0. The van der Waals surface area contributed by atoms with Gasteiger partial charge in [0.05, 0.1) is 16.6 Å². The van der Waals surface area contributed by atoms with E-state index in [1.165, 1.54) is 76.3 Å². The number of aromatic nitrogens is 2. The van der Waals surface area contributed by atoms with Gasteiger partial charge < -0.3 is 9.47 Å². The lowest BCUT2D eigenvalue weighted by Crippen LogP contribution is -2.56. The first-order valence-electron chi connectivity index (χ1n) is 16.1. The van der Waals surface area contributed by atoms with Crippen molar-refractivity contribution >= 4 is 83.0 Å². The third-order valence-electron chi connectivity index (χ3n) is 10.5. The highest BCUT2D eigenvalue weighted by atomic mass is 16.6. The van der Waals surface area contributed by atoms with Gasteiger partial charge in [0.25, 0.3) is 0 Å². The Kier molecular flexibility index (Phi) is 4.27. The summed E-state index contributed by atoms with van der Waals surface area (Å²) >= 11 is 0. The van der Waals surface area contributed by atoms with Crippen LogP contribution in [0.2, 0.25) is 0 Å². The van der Waals surface area contributed by atoms with E-state index in [-0.39, 0.29) is 6.71 Å². The highest BCUT2D eigenvalue weighted by Gasteiger charge is 2.37. The highest BCUT2D eigenvalue weighted by Crippen LogP contribution is 2.48. The molecule has 0 saturated carbocycles. The molecule has 2 aliphatic heterocycles. The fraction of sp³-hybridized carbons (Fsp3) is 0. The van der Waals surface area contributed by atoms with Crippen LogP contribution in [0.4, 0.5) is 0 Å². The summed E-state index contributed by atoms with van der Waals surface area (Å²) in [7, 11) is 0. The molecule has 2 aliphatic rings. The fourth-order valence-electron chi connectivity index (χ4n) is 8.73. The quantitative estimate of drug-likeness (QED) is 0.177. The molecule has 0 N–H and O–H groups in total. The maximum absolute atomic E-state index is 6.58. The smallest absolute Gasteiger partial charge is 0.246 e. The normalized spacial score (nSPS) is 13.4. The zero-order valence-corrected chi connectivity index (χ0v) is 25.1. The standard InChI is InChI=1S/C42H23BN2O2/c1-2-11-25(12-3-1)43-29-21-20-24-10-8-16-31-38(24)41(29)45(33-23-37-36(22-30(33)43)46-34-18-6-7-19-35(34)47-37)42-40-28-14-5-4-13-26(28)27-15-9-17-32(39(27)40)44(31)42/h1-23H. The van der Waals surface area contributed by atoms with Crippen LogP contribution < -0.4 is 25.9 Å². The summed E-state index contributed by atoms with van der Waals surface area (Å²) in [6.07, 6.45) is 0. The van der Waals surface area contributed by atoms with Gasteiger partial charge >= 0.3 is 0 Å². The van der Waals surface area contributed by atoms with E-state index >= 15 is 0 Å². The summed E-state index contributed by atoms with van der Waals surface area (Å²) in [5, 5.41) is 8.97. The molecule has 2 aromatic heterocycles. The van der Waals surface area contributed by atoms with Crippen LogP contribution in [0.1, 0.15) is 0 Å².